The number of nitrogens with one attached hydrogen (secondary N) is 1. The number of sulfone groups is 1. The molecule has 0 unspecified atom stereocenters. The molecule has 1 aromatic carbocycles. The van der Waals surface area contributed by atoms with Crippen molar-refractivity contribution in [1.82, 2.24) is 5.32 Å². The summed E-state index contributed by atoms with van der Waals surface area (Å²) in [4.78, 5) is 12.0. The van der Waals surface area contributed by atoms with Gasteiger partial charge in [-0.05, 0) is 17.7 Å². The lowest BCUT2D eigenvalue weighted by Crippen LogP contribution is -2.48. The predicted molar refractivity (Wildman–Crippen MR) is 76.2 cm³/mol. The molecule has 1 amide bonds. The fourth-order valence-electron chi connectivity index (χ4n) is 2.00. The number of carbonyl (C=O) groups excluding carboxylic acids is 1. The van der Waals surface area contributed by atoms with Crippen molar-refractivity contribution < 1.29 is 17.9 Å². The lowest BCUT2D eigenvalue weighted by Gasteiger charge is -2.38. The summed E-state index contributed by atoms with van der Waals surface area (Å²) in [5.41, 5.74) is 1.25. The topological polar surface area (TPSA) is 72.5 Å². The molecule has 1 heterocycles. The molecule has 0 atom stereocenters. The van der Waals surface area contributed by atoms with Gasteiger partial charge in [0, 0.05) is 23.8 Å². The second-order valence-corrected chi connectivity index (χ2v) is 7.89. The summed E-state index contributed by atoms with van der Waals surface area (Å²) in [7, 11) is -3.05. The summed E-state index contributed by atoms with van der Waals surface area (Å²) >= 11 is 0. The van der Waals surface area contributed by atoms with Crippen LogP contribution < -0.4 is 5.32 Å². The Bertz CT molecular complexity index is 588. The Labute approximate surface area is 119 Å². The van der Waals surface area contributed by atoms with E-state index in [1.165, 1.54) is 6.26 Å². The molecule has 1 aliphatic heterocycles. The van der Waals surface area contributed by atoms with Gasteiger partial charge in [0.1, 0.15) is 0 Å². The summed E-state index contributed by atoms with van der Waals surface area (Å²) in [6.45, 7) is 3.98. The molecule has 1 aliphatic rings. The highest BCUT2D eigenvalue weighted by Gasteiger charge is 2.33. The number of carbonyl (C=O) groups is 1. The van der Waals surface area contributed by atoms with Gasteiger partial charge in [-0.3, -0.25) is 4.79 Å². The molecular formula is C14H19NO4S. The number of hydrogen-bond donors (Lipinski definition) is 1. The Morgan fingerprint density at radius 3 is 2.35 bits per heavy atom. The van der Waals surface area contributed by atoms with E-state index in [-0.39, 0.29) is 17.1 Å². The molecule has 110 valence electrons. The van der Waals surface area contributed by atoms with E-state index in [9.17, 15) is 13.2 Å². The standard InChI is InChI=1S/C14H19NO4S/c1-14(9-19-10-14)8-15-13(16)12-5-3-11(4-6-12)7-20(2,17)18/h3-6H,7-10H2,1-2H3,(H,15,16). The molecule has 20 heavy (non-hydrogen) atoms. The predicted octanol–water partition coefficient (Wildman–Crippen LogP) is 0.998. The Kier molecular flexibility index (Phi) is 4.15. The van der Waals surface area contributed by atoms with Crippen LogP contribution in [0.5, 0.6) is 0 Å². The monoisotopic (exact) mass is 297 g/mol. The van der Waals surface area contributed by atoms with Crippen molar-refractivity contribution >= 4 is 15.7 Å². The van der Waals surface area contributed by atoms with Crippen molar-refractivity contribution in [3.63, 3.8) is 0 Å². The molecule has 0 aliphatic carbocycles. The van der Waals surface area contributed by atoms with Crippen molar-refractivity contribution in [3.05, 3.63) is 35.4 Å². The van der Waals surface area contributed by atoms with Gasteiger partial charge in [0.05, 0.1) is 19.0 Å². The maximum absolute atomic E-state index is 12.0. The van der Waals surface area contributed by atoms with Crippen LogP contribution in [0.2, 0.25) is 0 Å². The lowest BCUT2D eigenvalue weighted by molar-refractivity contribution is -0.0978. The highest BCUT2D eigenvalue weighted by atomic mass is 32.2. The molecule has 0 saturated carbocycles. The second kappa shape index (κ2) is 5.54. The van der Waals surface area contributed by atoms with Gasteiger partial charge in [-0.25, -0.2) is 8.42 Å². The molecule has 0 aromatic heterocycles. The van der Waals surface area contributed by atoms with E-state index in [4.69, 9.17) is 4.74 Å². The largest absolute Gasteiger partial charge is 0.380 e. The highest BCUT2D eigenvalue weighted by molar-refractivity contribution is 7.89. The van der Waals surface area contributed by atoms with Gasteiger partial charge in [0.2, 0.25) is 0 Å². The van der Waals surface area contributed by atoms with Crippen molar-refractivity contribution in [1.29, 1.82) is 0 Å². The summed E-state index contributed by atoms with van der Waals surface area (Å²) in [6.07, 6.45) is 1.19. The Morgan fingerprint density at radius 2 is 1.90 bits per heavy atom. The van der Waals surface area contributed by atoms with E-state index in [2.05, 4.69) is 12.2 Å². The molecule has 1 fully saturated rings. The second-order valence-electron chi connectivity index (χ2n) is 5.75. The maximum Gasteiger partial charge on any atom is 0.251 e. The third-order valence-electron chi connectivity index (χ3n) is 3.22. The molecule has 0 bridgehead atoms. The van der Waals surface area contributed by atoms with Crippen LogP contribution in [0.1, 0.15) is 22.8 Å². The van der Waals surface area contributed by atoms with Gasteiger partial charge < -0.3 is 10.1 Å². The smallest absolute Gasteiger partial charge is 0.251 e. The molecule has 5 nitrogen and oxygen atoms in total. The van der Waals surface area contributed by atoms with Crippen molar-refractivity contribution in [2.45, 2.75) is 12.7 Å². The minimum Gasteiger partial charge on any atom is -0.380 e. The molecule has 6 heteroatoms. The van der Waals surface area contributed by atoms with Crippen LogP contribution in [-0.4, -0.2) is 40.3 Å². The zero-order valence-electron chi connectivity index (χ0n) is 11.7. The first-order valence-corrected chi connectivity index (χ1v) is 8.46. The van der Waals surface area contributed by atoms with Crippen molar-refractivity contribution in [2.75, 3.05) is 26.0 Å². The summed E-state index contributed by atoms with van der Waals surface area (Å²) in [6, 6.07) is 6.64. The molecule has 2 rings (SSSR count). The first-order chi connectivity index (χ1) is 9.27. The minimum atomic E-state index is -3.05. The van der Waals surface area contributed by atoms with E-state index in [1.54, 1.807) is 24.3 Å². The van der Waals surface area contributed by atoms with Gasteiger partial charge in [-0.2, -0.15) is 0 Å². The minimum absolute atomic E-state index is 0.00961. The third kappa shape index (κ3) is 4.05. The highest BCUT2D eigenvalue weighted by Crippen LogP contribution is 2.25. The Hall–Kier alpha value is -1.40. The zero-order valence-corrected chi connectivity index (χ0v) is 12.5. The molecule has 1 N–H and O–H groups in total. The van der Waals surface area contributed by atoms with Gasteiger partial charge in [-0.15, -0.1) is 0 Å². The lowest BCUT2D eigenvalue weighted by atomic mass is 9.88. The number of hydrogen-bond acceptors (Lipinski definition) is 4. The quantitative estimate of drug-likeness (QED) is 0.880. The van der Waals surface area contributed by atoms with Crippen LogP contribution in [0.4, 0.5) is 0 Å². The fourth-order valence-corrected chi connectivity index (χ4v) is 2.80. The average molecular weight is 297 g/mol. The summed E-state index contributed by atoms with van der Waals surface area (Å²) in [5, 5.41) is 2.87. The van der Waals surface area contributed by atoms with Crippen LogP contribution in [0.3, 0.4) is 0 Å². The van der Waals surface area contributed by atoms with Gasteiger partial charge >= 0.3 is 0 Å². The van der Waals surface area contributed by atoms with E-state index in [0.717, 1.165) is 0 Å². The van der Waals surface area contributed by atoms with Crippen LogP contribution >= 0.6 is 0 Å². The van der Waals surface area contributed by atoms with Crippen LogP contribution in [0.15, 0.2) is 24.3 Å². The van der Waals surface area contributed by atoms with Gasteiger partial charge in [0.15, 0.2) is 9.84 Å². The average Bonchev–Trinajstić information content (AvgIpc) is 2.32. The van der Waals surface area contributed by atoms with Crippen molar-refractivity contribution in [2.24, 2.45) is 5.41 Å². The molecular weight excluding hydrogens is 278 g/mol. The summed E-state index contributed by atoms with van der Waals surface area (Å²) in [5.74, 6) is -0.159. The fraction of sp³-hybridized carbons (Fsp3) is 0.500. The molecule has 0 spiro atoms. The van der Waals surface area contributed by atoms with Crippen LogP contribution in [-0.2, 0) is 20.3 Å². The van der Waals surface area contributed by atoms with Gasteiger partial charge in [-0.1, -0.05) is 19.1 Å². The van der Waals surface area contributed by atoms with Crippen LogP contribution in [0, 0.1) is 5.41 Å². The van der Waals surface area contributed by atoms with Crippen LogP contribution in [0.25, 0.3) is 0 Å². The van der Waals surface area contributed by atoms with E-state index in [1.807, 2.05) is 0 Å². The molecule has 0 radical (unpaired) electrons. The zero-order chi connectivity index (χ0) is 14.8. The van der Waals surface area contributed by atoms with Gasteiger partial charge in [0.25, 0.3) is 5.91 Å². The van der Waals surface area contributed by atoms with E-state index < -0.39 is 9.84 Å². The molecule has 1 saturated heterocycles. The summed E-state index contributed by atoms with van der Waals surface area (Å²) < 4.78 is 27.5. The number of amides is 1. The van der Waals surface area contributed by atoms with Crippen molar-refractivity contribution in [3.8, 4) is 0 Å². The first kappa shape index (κ1) is 15.0. The number of benzene rings is 1. The number of ether oxygens (including phenoxy) is 1. The maximum atomic E-state index is 12.0. The van der Waals surface area contributed by atoms with E-state index in [0.29, 0.717) is 30.9 Å². The third-order valence-corrected chi connectivity index (χ3v) is 4.08. The Balaban J connectivity index is 1.93. The molecule has 1 aromatic rings. The number of rotatable bonds is 5. The SMILES string of the molecule is CC1(CNC(=O)c2ccc(CS(C)(=O)=O)cc2)COC1. The Morgan fingerprint density at radius 1 is 1.30 bits per heavy atom. The van der Waals surface area contributed by atoms with E-state index >= 15 is 0 Å². The first-order valence-electron chi connectivity index (χ1n) is 6.40. The normalized spacial score (nSPS) is 17.3.